The number of methoxy groups -OCH3 is 1. The van der Waals surface area contributed by atoms with Crippen molar-refractivity contribution in [3.63, 3.8) is 0 Å². The molecule has 0 bridgehead atoms. The molecular formula is C27H34FNO8. The Kier molecular flexibility index (Phi) is 10.8. The van der Waals surface area contributed by atoms with Gasteiger partial charge in [0.2, 0.25) is 6.79 Å². The molecule has 0 radical (unpaired) electrons. The van der Waals surface area contributed by atoms with Crippen molar-refractivity contribution in [1.82, 2.24) is 4.98 Å². The van der Waals surface area contributed by atoms with Gasteiger partial charge in [0.1, 0.15) is 23.8 Å². The second-order valence-electron chi connectivity index (χ2n) is 9.00. The number of aryl methyl sites for hydroxylation is 1. The van der Waals surface area contributed by atoms with Gasteiger partial charge in [0.15, 0.2) is 23.0 Å². The van der Waals surface area contributed by atoms with E-state index in [2.05, 4.69) is 4.98 Å². The Morgan fingerprint density at radius 2 is 1.76 bits per heavy atom. The van der Waals surface area contributed by atoms with Gasteiger partial charge in [-0.1, -0.05) is 20.8 Å². The molecule has 0 fully saturated rings. The van der Waals surface area contributed by atoms with Gasteiger partial charge in [0.25, 0.3) is 0 Å². The predicted molar refractivity (Wildman–Crippen MR) is 132 cm³/mol. The van der Waals surface area contributed by atoms with E-state index in [0.29, 0.717) is 11.3 Å². The molecule has 0 aliphatic rings. The third-order valence-electron chi connectivity index (χ3n) is 5.53. The van der Waals surface area contributed by atoms with Crippen molar-refractivity contribution in [3.8, 4) is 17.2 Å². The molecule has 2 rings (SSSR count). The van der Waals surface area contributed by atoms with Crippen LogP contribution >= 0.6 is 0 Å². The molecule has 202 valence electrons. The van der Waals surface area contributed by atoms with E-state index in [1.54, 1.807) is 20.8 Å². The highest BCUT2D eigenvalue weighted by Gasteiger charge is 2.31. The third kappa shape index (κ3) is 8.44. The molecule has 2 aromatic rings. The van der Waals surface area contributed by atoms with Crippen LogP contribution in [0.25, 0.3) is 0 Å². The van der Waals surface area contributed by atoms with Crippen LogP contribution < -0.4 is 14.2 Å². The zero-order chi connectivity index (χ0) is 27.7. The van der Waals surface area contributed by atoms with Crippen molar-refractivity contribution < 1.29 is 42.5 Å². The first-order chi connectivity index (χ1) is 17.4. The maximum absolute atomic E-state index is 13.4. The van der Waals surface area contributed by atoms with E-state index in [0.717, 1.165) is 0 Å². The fourth-order valence-electron chi connectivity index (χ4n) is 3.60. The van der Waals surface area contributed by atoms with E-state index in [-0.39, 0.29) is 35.3 Å². The van der Waals surface area contributed by atoms with Gasteiger partial charge in [-0.3, -0.25) is 14.4 Å². The summed E-state index contributed by atoms with van der Waals surface area (Å²) in [4.78, 5) is 41.1. The van der Waals surface area contributed by atoms with Gasteiger partial charge in [-0.25, -0.2) is 9.37 Å². The number of rotatable bonds is 13. The van der Waals surface area contributed by atoms with Crippen molar-refractivity contribution in [2.75, 3.05) is 13.9 Å². The summed E-state index contributed by atoms with van der Waals surface area (Å²) in [6, 6.07) is 5.69. The average molecular weight is 520 g/mol. The predicted octanol–water partition coefficient (Wildman–Crippen LogP) is 4.68. The molecule has 3 atom stereocenters. The monoisotopic (exact) mass is 519 g/mol. The maximum Gasteiger partial charge on any atom is 0.309 e. The summed E-state index contributed by atoms with van der Waals surface area (Å²) in [6.45, 7) is 9.63. The van der Waals surface area contributed by atoms with Crippen LogP contribution in [0.2, 0.25) is 0 Å². The quantitative estimate of drug-likeness (QED) is 0.212. The van der Waals surface area contributed by atoms with Crippen molar-refractivity contribution in [1.29, 1.82) is 0 Å². The van der Waals surface area contributed by atoms with Crippen molar-refractivity contribution in [2.45, 2.75) is 60.2 Å². The fraction of sp³-hybridized carbons (Fsp3) is 0.481. The zero-order valence-corrected chi connectivity index (χ0v) is 22.2. The molecule has 1 heterocycles. The molecular weight excluding hydrogens is 485 g/mol. The molecule has 0 N–H and O–H groups in total. The highest BCUT2D eigenvalue weighted by atomic mass is 19.1. The van der Waals surface area contributed by atoms with E-state index in [4.69, 9.17) is 23.7 Å². The minimum absolute atomic E-state index is 0.00793. The minimum atomic E-state index is -0.803. The van der Waals surface area contributed by atoms with Gasteiger partial charge in [0, 0.05) is 25.6 Å². The minimum Gasteiger partial charge on any atom is -0.493 e. The normalized spacial score (nSPS) is 13.3. The van der Waals surface area contributed by atoms with E-state index < -0.39 is 42.6 Å². The Balaban J connectivity index is 2.10. The second-order valence-corrected chi connectivity index (χ2v) is 9.00. The Morgan fingerprint density at radius 1 is 1.05 bits per heavy atom. The number of halogens is 1. The van der Waals surface area contributed by atoms with Crippen LogP contribution in [-0.4, -0.2) is 48.8 Å². The Morgan fingerprint density at radius 3 is 2.35 bits per heavy atom. The number of aromatic nitrogens is 1. The first-order valence-electron chi connectivity index (χ1n) is 11.9. The van der Waals surface area contributed by atoms with Crippen LogP contribution in [0.4, 0.5) is 4.39 Å². The van der Waals surface area contributed by atoms with Gasteiger partial charge in [-0.15, -0.1) is 0 Å². The summed E-state index contributed by atoms with van der Waals surface area (Å²) in [5, 5.41) is 0. The summed E-state index contributed by atoms with van der Waals surface area (Å²) in [7, 11) is 1.39. The van der Waals surface area contributed by atoms with Gasteiger partial charge in [-0.05, 0) is 43.5 Å². The van der Waals surface area contributed by atoms with Crippen molar-refractivity contribution >= 4 is 17.7 Å². The van der Waals surface area contributed by atoms with Gasteiger partial charge in [0.05, 0.1) is 13.0 Å². The van der Waals surface area contributed by atoms with Gasteiger partial charge in [-0.2, -0.15) is 0 Å². The molecule has 37 heavy (non-hydrogen) atoms. The lowest BCUT2D eigenvalue weighted by Gasteiger charge is -2.29. The molecule has 10 heteroatoms. The van der Waals surface area contributed by atoms with E-state index in [9.17, 15) is 18.8 Å². The lowest BCUT2D eigenvalue weighted by atomic mass is 10.00. The van der Waals surface area contributed by atoms with Crippen LogP contribution in [0.15, 0.2) is 30.5 Å². The summed E-state index contributed by atoms with van der Waals surface area (Å²) in [6.07, 6.45) is 0.0170. The Hall–Kier alpha value is -3.69. The number of esters is 2. The molecule has 0 amide bonds. The van der Waals surface area contributed by atoms with E-state index in [1.807, 2.05) is 13.8 Å². The summed E-state index contributed by atoms with van der Waals surface area (Å²) in [5.74, 6) is -2.16. The molecule has 0 saturated carbocycles. The molecule has 9 nitrogen and oxygen atoms in total. The number of Topliss-reactive ketones (excluding diaryl/α,β-unsaturated/α-hetero) is 1. The second kappa shape index (κ2) is 13.6. The SMILES string of the molecule is COc1ccnc(C(=O)C[C@@H](C)C(=O)O[C@H](C(C)C)[C@H](C)Oc2ccc(F)cc2C)c1OCOC(C)=O. The number of pyridine rings is 1. The number of ketones is 1. The van der Waals surface area contributed by atoms with E-state index in [1.165, 1.54) is 44.5 Å². The first-order valence-corrected chi connectivity index (χ1v) is 11.9. The molecule has 0 aliphatic carbocycles. The van der Waals surface area contributed by atoms with Gasteiger partial charge < -0.3 is 23.7 Å². The first kappa shape index (κ1) is 29.5. The van der Waals surface area contributed by atoms with E-state index >= 15 is 0 Å². The van der Waals surface area contributed by atoms with Crippen molar-refractivity contribution in [3.05, 3.63) is 47.5 Å². The van der Waals surface area contributed by atoms with Crippen LogP contribution in [0.5, 0.6) is 17.2 Å². The standard InChI is InChI=1S/C27H34FNO8/c1-15(2)25(18(5)36-22-9-8-20(28)12-16(22)3)37-27(32)17(4)13-21(31)24-26(35-14-34-19(6)30)23(33-7)10-11-29-24/h8-12,15,17-18,25H,13-14H2,1-7H3/t17-,18+,25-/m1/s1. The van der Waals surface area contributed by atoms with Crippen LogP contribution in [0, 0.1) is 24.6 Å². The average Bonchev–Trinajstić information content (AvgIpc) is 2.83. The summed E-state index contributed by atoms with van der Waals surface area (Å²) >= 11 is 0. The molecule has 1 aromatic carbocycles. The Labute approximate surface area is 216 Å². The topological polar surface area (TPSA) is 110 Å². The van der Waals surface area contributed by atoms with Crippen LogP contribution in [-0.2, 0) is 19.1 Å². The van der Waals surface area contributed by atoms with Crippen molar-refractivity contribution in [2.24, 2.45) is 11.8 Å². The zero-order valence-electron chi connectivity index (χ0n) is 22.2. The Bertz CT molecular complexity index is 1100. The molecule has 0 saturated heterocycles. The smallest absolute Gasteiger partial charge is 0.309 e. The van der Waals surface area contributed by atoms with Crippen LogP contribution in [0.3, 0.4) is 0 Å². The lowest BCUT2D eigenvalue weighted by molar-refractivity contribution is -0.161. The molecule has 0 unspecified atom stereocenters. The van der Waals surface area contributed by atoms with Gasteiger partial charge >= 0.3 is 11.9 Å². The summed E-state index contributed by atoms with van der Waals surface area (Å²) in [5.41, 5.74) is 0.562. The molecule has 0 aliphatic heterocycles. The highest BCUT2D eigenvalue weighted by molar-refractivity contribution is 5.99. The largest absolute Gasteiger partial charge is 0.493 e. The maximum atomic E-state index is 13.4. The number of hydrogen-bond acceptors (Lipinski definition) is 9. The fourth-order valence-corrected chi connectivity index (χ4v) is 3.60. The third-order valence-corrected chi connectivity index (χ3v) is 5.53. The molecule has 1 aromatic heterocycles. The number of benzene rings is 1. The number of hydrogen-bond donors (Lipinski definition) is 0. The number of carbonyl (C=O) groups is 3. The van der Waals surface area contributed by atoms with Crippen LogP contribution in [0.1, 0.15) is 57.1 Å². The summed E-state index contributed by atoms with van der Waals surface area (Å²) < 4.78 is 40.6. The lowest BCUT2D eigenvalue weighted by Crippen LogP contribution is -2.39. The highest BCUT2D eigenvalue weighted by Crippen LogP contribution is 2.31. The number of nitrogens with zero attached hydrogens (tertiary/aromatic N) is 1. The molecule has 0 spiro atoms. The number of ether oxygens (including phenoxy) is 5. The number of carbonyl (C=O) groups excluding carboxylic acids is 3.